The molecular formula is C46H67N5O12. The van der Waals surface area contributed by atoms with E-state index in [4.69, 9.17) is 33.0 Å². The van der Waals surface area contributed by atoms with Crippen LogP contribution >= 0.6 is 0 Å². The van der Waals surface area contributed by atoms with Gasteiger partial charge in [-0.25, -0.2) is 4.99 Å². The van der Waals surface area contributed by atoms with Crippen molar-refractivity contribution in [2.75, 3.05) is 20.7 Å². The smallest absolute Gasteiger partial charge is 0.316 e. The average Bonchev–Trinajstić information content (AvgIpc) is 3.76. The number of esters is 2. The molecule has 2 aromatic rings. The number of nitrogens with zero attached hydrogens (tertiary/aromatic N) is 5. The van der Waals surface area contributed by atoms with Crippen LogP contribution in [0.4, 0.5) is 0 Å². The fraction of sp³-hybridized carbons (Fsp3) is 0.696. The van der Waals surface area contributed by atoms with Crippen molar-refractivity contribution in [3.63, 3.8) is 0 Å². The molecule has 2 aromatic heterocycles. The van der Waals surface area contributed by atoms with E-state index >= 15 is 0 Å². The molecule has 0 saturated carbocycles. The maximum absolute atomic E-state index is 14.7. The highest BCUT2D eigenvalue weighted by molar-refractivity contribution is 6.00. The molecule has 3 aliphatic heterocycles. The normalized spacial score (nSPS) is 36.3. The Bertz CT molecular complexity index is 1950. The lowest BCUT2D eigenvalue weighted by Gasteiger charge is -2.48. The highest BCUT2D eigenvalue weighted by atomic mass is 16.7. The largest absolute Gasteiger partial charge is 0.459 e. The molecule has 5 rings (SSSR count). The van der Waals surface area contributed by atoms with E-state index in [2.05, 4.69) is 20.3 Å². The standard InChI is InChI=1S/C46H67N5O12/c1-13-38-46(10,56)35-17-16-34(50-58-24-33-15-14-32(22-47-33)37-18-19-48-63-37)23-57-45(9,21-25(2)39(27(35)4)49-30(7)52)42(28(5)40(54)29(6)43(55)61-38)62-44-41(60-31(8)53)36(51(11)12)20-26(3)59-44/h14-15,18-19,22,25-29,35-36,38,41-42,44,56H,13,16-17,20-21,23-24H2,1-12H3/b49-39?,50-34+/t25-,26-,27-,28+,29-,35-,36+,38-,41-,42-,44+,45-,46+/m1/s1. The van der Waals surface area contributed by atoms with Gasteiger partial charge in [-0.15, -0.1) is 0 Å². The number of fused-ring (bicyclic) bond motifs is 5. The molecule has 0 spiro atoms. The second-order valence-electron chi connectivity index (χ2n) is 18.2. The first-order chi connectivity index (χ1) is 29.7. The number of pyridine rings is 1. The van der Waals surface area contributed by atoms with E-state index in [0.29, 0.717) is 35.7 Å². The van der Waals surface area contributed by atoms with E-state index in [0.717, 1.165) is 5.56 Å². The van der Waals surface area contributed by atoms with Gasteiger partial charge in [0.1, 0.15) is 17.6 Å². The molecule has 17 heteroatoms. The first-order valence-electron chi connectivity index (χ1n) is 22.0. The molecule has 0 radical (unpaired) electrons. The van der Waals surface area contributed by atoms with E-state index < -0.39 is 89.0 Å². The lowest BCUT2D eigenvalue weighted by atomic mass is 9.68. The monoisotopic (exact) mass is 881 g/mol. The number of hydrogen-bond acceptors (Lipinski definition) is 16. The number of carbonyl (C=O) groups excluding carboxylic acids is 4. The first-order valence-corrected chi connectivity index (χ1v) is 22.0. The van der Waals surface area contributed by atoms with Crippen LogP contribution in [-0.4, -0.2) is 124 Å². The first kappa shape index (κ1) is 49.6. The number of aliphatic imine (C=N–C) groups is 1. The topological polar surface area (TPSA) is 211 Å². The van der Waals surface area contributed by atoms with Crippen molar-refractivity contribution >= 4 is 35.1 Å². The molecule has 0 aliphatic carbocycles. The molecule has 348 valence electrons. The summed E-state index contributed by atoms with van der Waals surface area (Å²) in [6.07, 6.45) is 0.105. The second kappa shape index (κ2) is 21.0. The fourth-order valence-electron chi connectivity index (χ4n) is 9.64. The zero-order valence-corrected chi connectivity index (χ0v) is 38.9. The molecule has 0 unspecified atom stereocenters. The van der Waals surface area contributed by atoms with Crippen molar-refractivity contribution in [2.45, 2.75) is 156 Å². The summed E-state index contributed by atoms with van der Waals surface area (Å²) in [6.45, 7) is 16.8. The van der Waals surface area contributed by atoms with Gasteiger partial charge in [0.25, 0.3) is 0 Å². The van der Waals surface area contributed by atoms with Crippen molar-refractivity contribution in [3.05, 3.63) is 36.3 Å². The molecule has 63 heavy (non-hydrogen) atoms. The van der Waals surface area contributed by atoms with Gasteiger partial charge < -0.3 is 43.1 Å². The van der Waals surface area contributed by atoms with E-state index in [1.807, 2.05) is 52.8 Å². The SMILES string of the molecule is CC[C@H]1OC(=O)[C@H](C)C(=O)[C@H](C)[C@@H](O[C@@H]2O[C@H](C)C[C@H](N(C)C)[C@H]2OC(C)=O)[C@@]2(C)C[C@@H](C)C(=NC(C)=O)[C@H](C)[C@@H](CC/C(=N\OCc3ccc(-c4ccno4)cn3)CO2)[C@]1(C)O. The number of ether oxygens (including phenoxy) is 5. The Labute approximate surface area is 370 Å². The maximum atomic E-state index is 14.7. The highest BCUT2D eigenvalue weighted by Gasteiger charge is 2.53. The Morgan fingerprint density at radius 3 is 2.38 bits per heavy atom. The van der Waals surface area contributed by atoms with Gasteiger partial charge in [0.2, 0.25) is 5.91 Å². The molecule has 13 atom stereocenters. The zero-order chi connectivity index (χ0) is 46.4. The van der Waals surface area contributed by atoms with Gasteiger partial charge in [-0.05, 0) is 97.9 Å². The number of carbonyl (C=O) groups is 4. The number of ketones is 1. The summed E-state index contributed by atoms with van der Waals surface area (Å²) in [5, 5.41) is 20.9. The van der Waals surface area contributed by atoms with Crippen LogP contribution in [0.5, 0.6) is 0 Å². The van der Waals surface area contributed by atoms with Gasteiger partial charge in [0, 0.05) is 49.2 Å². The Kier molecular flexibility index (Phi) is 16.6. The van der Waals surface area contributed by atoms with E-state index in [1.165, 1.54) is 20.8 Å². The number of aliphatic hydroxyl groups is 1. The number of amides is 1. The molecule has 3 fully saturated rings. The third-order valence-corrected chi connectivity index (χ3v) is 13.0. The van der Waals surface area contributed by atoms with Crippen molar-refractivity contribution in [3.8, 4) is 11.3 Å². The predicted molar refractivity (Wildman–Crippen MR) is 231 cm³/mol. The number of Topliss-reactive ketones (excluding diaryl/α,β-unsaturated/α-hetero) is 1. The number of rotatable bonds is 9. The fourth-order valence-corrected chi connectivity index (χ4v) is 9.64. The lowest BCUT2D eigenvalue weighted by Crippen LogP contribution is -2.60. The minimum atomic E-state index is -1.66. The Morgan fingerprint density at radius 2 is 1.78 bits per heavy atom. The summed E-state index contributed by atoms with van der Waals surface area (Å²) in [7, 11) is 3.76. The number of hydrogen-bond donors (Lipinski definition) is 1. The molecule has 1 amide bonds. The molecule has 0 aromatic carbocycles. The second-order valence-corrected chi connectivity index (χ2v) is 18.2. The minimum Gasteiger partial charge on any atom is -0.459 e. The summed E-state index contributed by atoms with van der Waals surface area (Å²) in [5.41, 5.74) is -0.725. The van der Waals surface area contributed by atoms with Crippen LogP contribution in [-0.2, 0) is 54.3 Å². The van der Waals surface area contributed by atoms with E-state index in [-0.39, 0.29) is 44.6 Å². The highest BCUT2D eigenvalue weighted by Crippen LogP contribution is 2.42. The quantitative estimate of drug-likeness (QED) is 0.180. The maximum Gasteiger partial charge on any atom is 0.316 e. The number of cyclic esters (lactones) is 1. The van der Waals surface area contributed by atoms with Gasteiger partial charge in [0.15, 0.2) is 30.5 Å². The van der Waals surface area contributed by atoms with Crippen LogP contribution in [0.3, 0.4) is 0 Å². The number of aromatic nitrogens is 2. The molecule has 3 saturated heterocycles. The Balaban J connectivity index is 1.66. The van der Waals surface area contributed by atoms with Gasteiger partial charge in [-0.2, -0.15) is 0 Å². The van der Waals surface area contributed by atoms with Crippen LogP contribution in [0, 0.1) is 29.6 Å². The van der Waals surface area contributed by atoms with Crippen molar-refractivity contribution in [2.24, 2.45) is 39.7 Å². The number of likely N-dealkylation sites (N-methyl/N-ethyl adjacent to an activating group) is 1. The van der Waals surface area contributed by atoms with E-state index in [9.17, 15) is 24.3 Å². The van der Waals surface area contributed by atoms with Crippen molar-refractivity contribution in [1.29, 1.82) is 0 Å². The molecular weight excluding hydrogens is 815 g/mol. The molecule has 3 aliphatic rings. The van der Waals surface area contributed by atoms with Crippen LogP contribution in [0.15, 0.2) is 45.3 Å². The summed E-state index contributed by atoms with van der Waals surface area (Å²) in [6, 6.07) is 5.06. The molecule has 5 heterocycles. The van der Waals surface area contributed by atoms with Crippen LogP contribution in [0.25, 0.3) is 11.3 Å². The average molecular weight is 882 g/mol. The van der Waals surface area contributed by atoms with Crippen molar-refractivity contribution in [1.82, 2.24) is 15.0 Å². The predicted octanol–water partition coefficient (Wildman–Crippen LogP) is 5.75. The van der Waals surface area contributed by atoms with E-state index in [1.54, 1.807) is 45.3 Å². The third-order valence-electron chi connectivity index (χ3n) is 13.0. The summed E-state index contributed by atoms with van der Waals surface area (Å²) in [4.78, 5) is 71.2. The number of oxime groups is 1. The molecule has 1 N–H and O–H groups in total. The summed E-state index contributed by atoms with van der Waals surface area (Å²) >= 11 is 0. The molecule has 17 nitrogen and oxygen atoms in total. The Morgan fingerprint density at radius 1 is 1.05 bits per heavy atom. The zero-order valence-electron chi connectivity index (χ0n) is 38.9. The minimum absolute atomic E-state index is 0.0201. The van der Waals surface area contributed by atoms with Gasteiger partial charge in [0.05, 0.1) is 48.1 Å². The van der Waals surface area contributed by atoms with Crippen LogP contribution in [0.2, 0.25) is 0 Å². The van der Waals surface area contributed by atoms with Gasteiger partial charge in [-0.1, -0.05) is 38.0 Å². The summed E-state index contributed by atoms with van der Waals surface area (Å²) < 4.78 is 37.7. The van der Waals surface area contributed by atoms with Crippen LogP contribution in [0.1, 0.15) is 107 Å². The summed E-state index contributed by atoms with van der Waals surface area (Å²) in [5.74, 6) is -5.62. The third kappa shape index (κ3) is 11.8. The Hall–Kier alpha value is -4.42. The van der Waals surface area contributed by atoms with Gasteiger partial charge in [-0.3, -0.25) is 24.2 Å². The van der Waals surface area contributed by atoms with Crippen molar-refractivity contribution < 1.29 is 57.3 Å². The van der Waals surface area contributed by atoms with Crippen LogP contribution < -0.4 is 0 Å². The van der Waals surface area contributed by atoms with Gasteiger partial charge >= 0.3 is 11.9 Å². The lowest BCUT2D eigenvalue weighted by molar-refractivity contribution is -0.298. The molecule has 2 bridgehead atoms.